The first-order chi connectivity index (χ1) is 4.80. The largest absolute Gasteiger partial charge is 0.432 e. The Morgan fingerprint density at radius 3 is 2.40 bits per heavy atom. The molecule has 0 aliphatic carbocycles. The monoisotopic (exact) mass is 143 g/mol. The van der Waals surface area contributed by atoms with Gasteiger partial charge in [-0.2, -0.15) is 0 Å². The highest BCUT2D eigenvalue weighted by Gasteiger charge is 2.04. The molecule has 0 amide bonds. The highest BCUT2D eigenvalue weighted by atomic mass is 16.6. The summed E-state index contributed by atoms with van der Waals surface area (Å²) in [6.45, 7) is 4.00. The van der Waals surface area contributed by atoms with Crippen molar-refractivity contribution < 1.29 is 9.34 Å². The zero-order valence-electron chi connectivity index (χ0n) is 5.90. The van der Waals surface area contributed by atoms with Gasteiger partial charge in [-0.25, -0.2) is 0 Å². The molecule has 0 aliphatic heterocycles. The second-order valence-electron chi connectivity index (χ2n) is 1.21. The third kappa shape index (κ3) is 2.30. The number of hydrogen-bond donors (Lipinski definition) is 0. The molecule has 0 radical (unpaired) electrons. The van der Waals surface area contributed by atoms with Gasteiger partial charge in [0.2, 0.25) is 0 Å². The molecule has 4 nitrogen and oxygen atoms in total. The Kier molecular flexibility index (Phi) is 3.95. The molecular weight excluding hydrogens is 134 g/mol. The van der Waals surface area contributed by atoms with E-state index in [1.807, 2.05) is 13.8 Å². The van der Waals surface area contributed by atoms with Crippen LogP contribution in [-0.2, 0) is 0 Å². The molecule has 0 unspecified atom stereocenters. The summed E-state index contributed by atoms with van der Waals surface area (Å²) in [5, 5.41) is 9.77. The van der Waals surface area contributed by atoms with Gasteiger partial charge in [0.25, 0.3) is 0 Å². The minimum atomic E-state index is -0.583. The van der Waals surface area contributed by atoms with E-state index in [2.05, 4.69) is 4.42 Å². The molecule has 0 aliphatic rings. The van der Waals surface area contributed by atoms with Crippen LogP contribution in [0.25, 0.3) is 0 Å². The third-order valence-corrected chi connectivity index (χ3v) is 0.686. The quantitative estimate of drug-likeness (QED) is 0.447. The van der Waals surface area contributed by atoms with Crippen LogP contribution in [-0.4, -0.2) is 4.92 Å². The predicted molar refractivity (Wildman–Crippen MR) is 36.7 cm³/mol. The van der Waals surface area contributed by atoms with Crippen molar-refractivity contribution in [3.63, 3.8) is 0 Å². The number of hydrogen-bond acceptors (Lipinski definition) is 3. The zero-order chi connectivity index (χ0) is 7.98. The maximum atomic E-state index is 9.77. The lowest BCUT2D eigenvalue weighted by Gasteiger charge is -1.76. The fourth-order valence-corrected chi connectivity index (χ4v) is 0.374. The minimum absolute atomic E-state index is 0.218. The summed E-state index contributed by atoms with van der Waals surface area (Å²) in [6.07, 6.45) is 1.26. The van der Waals surface area contributed by atoms with Crippen LogP contribution in [0.15, 0.2) is 22.8 Å². The van der Waals surface area contributed by atoms with Crippen molar-refractivity contribution in [3.05, 3.63) is 28.5 Å². The van der Waals surface area contributed by atoms with E-state index in [9.17, 15) is 10.1 Å². The number of furan rings is 1. The fraction of sp³-hybridized carbons (Fsp3) is 0.333. The van der Waals surface area contributed by atoms with Crippen LogP contribution in [0, 0.1) is 10.1 Å². The van der Waals surface area contributed by atoms with E-state index < -0.39 is 4.92 Å². The topological polar surface area (TPSA) is 56.3 Å². The van der Waals surface area contributed by atoms with E-state index >= 15 is 0 Å². The summed E-state index contributed by atoms with van der Waals surface area (Å²) < 4.78 is 4.40. The van der Waals surface area contributed by atoms with Crippen LogP contribution < -0.4 is 0 Å². The minimum Gasteiger partial charge on any atom is -0.409 e. The summed E-state index contributed by atoms with van der Waals surface area (Å²) in [7, 11) is 0. The van der Waals surface area contributed by atoms with Crippen molar-refractivity contribution in [1.29, 1.82) is 0 Å². The van der Waals surface area contributed by atoms with Crippen LogP contribution >= 0.6 is 0 Å². The zero-order valence-corrected chi connectivity index (χ0v) is 5.90. The van der Waals surface area contributed by atoms with Gasteiger partial charge >= 0.3 is 5.88 Å². The van der Waals surface area contributed by atoms with E-state index in [1.54, 1.807) is 0 Å². The van der Waals surface area contributed by atoms with Crippen molar-refractivity contribution in [3.8, 4) is 0 Å². The Morgan fingerprint density at radius 2 is 2.20 bits per heavy atom. The van der Waals surface area contributed by atoms with E-state index in [1.165, 1.54) is 18.4 Å². The van der Waals surface area contributed by atoms with Gasteiger partial charge in [0.1, 0.15) is 4.92 Å². The highest BCUT2D eigenvalue weighted by Crippen LogP contribution is 2.08. The fourth-order valence-electron chi connectivity index (χ4n) is 0.374. The lowest BCUT2D eigenvalue weighted by Crippen LogP contribution is -1.81. The Morgan fingerprint density at radius 1 is 1.60 bits per heavy atom. The van der Waals surface area contributed by atoms with Gasteiger partial charge in [0.05, 0.1) is 12.3 Å². The molecule has 0 fully saturated rings. The molecule has 1 rings (SSSR count). The Labute approximate surface area is 58.6 Å². The summed E-state index contributed by atoms with van der Waals surface area (Å²) in [4.78, 5) is 9.19. The smallest absolute Gasteiger partial charge is 0.409 e. The van der Waals surface area contributed by atoms with Crippen molar-refractivity contribution in [1.82, 2.24) is 0 Å². The maximum Gasteiger partial charge on any atom is 0.432 e. The third-order valence-electron chi connectivity index (χ3n) is 0.686. The first-order valence-corrected chi connectivity index (χ1v) is 2.98. The first-order valence-electron chi connectivity index (χ1n) is 2.98. The lowest BCUT2D eigenvalue weighted by molar-refractivity contribution is -0.402. The molecule has 0 atom stereocenters. The van der Waals surface area contributed by atoms with Gasteiger partial charge in [-0.15, -0.1) is 0 Å². The molecule has 0 saturated carbocycles. The molecule has 0 N–H and O–H groups in total. The molecule has 0 saturated heterocycles. The molecule has 4 heteroatoms. The second kappa shape index (κ2) is 4.55. The molecule has 0 aromatic carbocycles. The van der Waals surface area contributed by atoms with Crippen molar-refractivity contribution in [2.24, 2.45) is 0 Å². The summed E-state index contributed by atoms with van der Waals surface area (Å²) >= 11 is 0. The SMILES string of the molecule is CC.O=[N+]([O-])c1ccco1. The Balaban J connectivity index is 0.000000371. The summed E-state index contributed by atoms with van der Waals surface area (Å²) in [5.74, 6) is -0.218. The number of nitrogens with zero attached hydrogens (tertiary/aromatic N) is 1. The summed E-state index contributed by atoms with van der Waals surface area (Å²) in [6, 6.07) is 2.76. The molecule has 56 valence electrons. The predicted octanol–water partition coefficient (Wildman–Crippen LogP) is 2.21. The molecule has 1 aromatic rings. The molecule has 1 aromatic heterocycles. The van der Waals surface area contributed by atoms with Crippen molar-refractivity contribution >= 4 is 5.88 Å². The summed E-state index contributed by atoms with van der Waals surface area (Å²) in [5.41, 5.74) is 0. The van der Waals surface area contributed by atoms with Crippen molar-refractivity contribution in [2.75, 3.05) is 0 Å². The van der Waals surface area contributed by atoms with Gasteiger partial charge in [-0.1, -0.05) is 13.8 Å². The van der Waals surface area contributed by atoms with Gasteiger partial charge < -0.3 is 4.42 Å². The van der Waals surface area contributed by atoms with Gasteiger partial charge in [-0.05, 0) is 6.07 Å². The molecule has 10 heavy (non-hydrogen) atoms. The van der Waals surface area contributed by atoms with Crippen molar-refractivity contribution in [2.45, 2.75) is 13.8 Å². The van der Waals surface area contributed by atoms with Crippen LogP contribution in [0.2, 0.25) is 0 Å². The lowest BCUT2D eigenvalue weighted by atomic mass is 10.6. The Bertz CT molecular complexity index is 181. The second-order valence-corrected chi connectivity index (χ2v) is 1.21. The van der Waals surface area contributed by atoms with Crippen LogP contribution in [0.3, 0.4) is 0 Å². The first kappa shape index (κ1) is 8.68. The molecular formula is C6H9NO3. The van der Waals surface area contributed by atoms with E-state index in [0.717, 1.165) is 0 Å². The van der Waals surface area contributed by atoms with Crippen LogP contribution in [0.5, 0.6) is 0 Å². The van der Waals surface area contributed by atoms with Gasteiger partial charge in [0, 0.05) is 0 Å². The van der Waals surface area contributed by atoms with Gasteiger partial charge in [0.15, 0.2) is 0 Å². The standard InChI is InChI=1S/C4H3NO3.C2H6/c6-5(7)4-2-1-3-8-4;1-2/h1-3H;1-2H3. The number of rotatable bonds is 1. The highest BCUT2D eigenvalue weighted by molar-refractivity contribution is 5.11. The average Bonchev–Trinajstić information content (AvgIpc) is 2.42. The molecule has 0 bridgehead atoms. The van der Waals surface area contributed by atoms with Crippen LogP contribution in [0.4, 0.5) is 5.88 Å². The normalized spacial score (nSPS) is 7.80. The maximum absolute atomic E-state index is 9.77. The average molecular weight is 143 g/mol. The molecule has 1 heterocycles. The van der Waals surface area contributed by atoms with Gasteiger partial charge in [-0.3, -0.25) is 10.1 Å². The molecule has 0 spiro atoms. The van der Waals surface area contributed by atoms with E-state index in [-0.39, 0.29) is 5.88 Å². The number of nitro groups is 1. The van der Waals surface area contributed by atoms with E-state index in [4.69, 9.17) is 0 Å². The van der Waals surface area contributed by atoms with Crippen LogP contribution in [0.1, 0.15) is 13.8 Å². The Hall–Kier alpha value is -1.32. The van der Waals surface area contributed by atoms with E-state index in [0.29, 0.717) is 0 Å².